The molecule has 5 heteroatoms. The van der Waals surface area contributed by atoms with E-state index in [1.54, 1.807) is 0 Å². The molecule has 2 atom stereocenters. The van der Waals surface area contributed by atoms with Crippen LogP contribution >= 0.6 is 22.6 Å². The Morgan fingerprint density at radius 3 is 2.17 bits per heavy atom. The van der Waals surface area contributed by atoms with Gasteiger partial charge in [0.25, 0.3) is 0 Å². The second kappa shape index (κ2) is 5.96. The van der Waals surface area contributed by atoms with Gasteiger partial charge in [0.15, 0.2) is 5.79 Å². The third-order valence-corrected chi connectivity index (χ3v) is 11.0. The molecule has 1 fully saturated rings. The van der Waals surface area contributed by atoms with Crippen molar-refractivity contribution in [3.05, 3.63) is 26.8 Å². The van der Waals surface area contributed by atoms with Crippen LogP contribution in [0.1, 0.15) is 45.7 Å². The molecule has 0 N–H and O–H groups in total. The Bertz CT molecular complexity index is 649. The van der Waals surface area contributed by atoms with E-state index in [9.17, 15) is 0 Å². The van der Waals surface area contributed by atoms with Crippen molar-refractivity contribution in [1.29, 1.82) is 0 Å². The molecular formula is C19H29IO3Si. The van der Waals surface area contributed by atoms with Crippen LogP contribution in [0.2, 0.25) is 18.1 Å². The summed E-state index contributed by atoms with van der Waals surface area (Å²) < 4.78 is 20.2. The average molecular weight is 460 g/mol. The van der Waals surface area contributed by atoms with Crippen molar-refractivity contribution in [3.63, 3.8) is 0 Å². The maximum Gasteiger partial charge on any atom is 0.250 e. The van der Waals surface area contributed by atoms with Gasteiger partial charge in [-0.2, -0.15) is 0 Å². The summed E-state index contributed by atoms with van der Waals surface area (Å²) in [6.07, 6.45) is 2.08. The van der Waals surface area contributed by atoms with Gasteiger partial charge in [-0.3, -0.25) is 0 Å². The van der Waals surface area contributed by atoms with Gasteiger partial charge in [0.1, 0.15) is 5.75 Å². The van der Waals surface area contributed by atoms with Crippen LogP contribution in [-0.4, -0.2) is 26.3 Å². The smallest absolute Gasteiger partial charge is 0.250 e. The fourth-order valence-electron chi connectivity index (χ4n) is 3.27. The quantitative estimate of drug-likeness (QED) is 0.443. The zero-order valence-corrected chi connectivity index (χ0v) is 19.0. The van der Waals surface area contributed by atoms with E-state index in [0.717, 1.165) is 18.6 Å². The lowest BCUT2D eigenvalue weighted by atomic mass is 9.87. The number of benzene rings is 1. The lowest BCUT2D eigenvalue weighted by Gasteiger charge is -2.38. The third-order valence-electron chi connectivity index (χ3n) is 5.60. The highest BCUT2D eigenvalue weighted by Gasteiger charge is 2.46. The topological polar surface area (TPSA) is 27.7 Å². The van der Waals surface area contributed by atoms with Crippen molar-refractivity contribution in [2.45, 2.75) is 83.6 Å². The highest BCUT2D eigenvalue weighted by Crippen LogP contribution is 2.43. The zero-order chi connectivity index (χ0) is 17.9. The third kappa shape index (κ3) is 3.41. The molecule has 1 aliphatic heterocycles. The number of fused-ring (bicyclic) bond motifs is 2. The largest absolute Gasteiger partial charge is 0.543 e. The lowest BCUT2D eigenvalue weighted by Crippen LogP contribution is -2.44. The van der Waals surface area contributed by atoms with E-state index in [0.29, 0.717) is 0 Å². The molecule has 3 nitrogen and oxygen atoms in total. The Morgan fingerprint density at radius 2 is 1.62 bits per heavy atom. The van der Waals surface area contributed by atoms with Crippen LogP contribution in [-0.2, 0) is 22.3 Å². The molecule has 24 heavy (non-hydrogen) atoms. The summed E-state index contributed by atoms with van der Waals surface area (Å²) in [7, 11) is -1.86. The first-order valence-electron chi connectivity index (χ1n) is 8.74. The Kier molecular flexibility index (Phi) is 4.64. The summed E-state index contributed by atoms with van der Waals surface area (Å²) in [6, 6.07) is 4.34. The van der Waals surface area contributed by atoms with Gasteiger partial charge in [0, 0.05) is 16.4 Å². The van der Waals surface area contributed by atoms with E-state index < -0.39 is 14.1 Å². The number of hydrogen-bond donors (Lipinski definition) is 0. The van der Waals surface area contributed by atoms with Crippen LogP contribution in [0.4, 0.5) is 0 Å². The predicted molar refractivity (Wildman–Crippen MR) is 108 cm³/mol. The summed E-state index contributed by atoms with van der Waals surface area (Å²) in [5, 5.41) is 0.190. The van der Waals surface area contributed by atoms with E-state index in [-0.39, 0.29) is 17.2 Å². The van der Waals surface area contributed by atoms with Crippen molar-refractivity contribution < 1.29 is 13.9 Å². The average Bonchev–Trinajstić information content (AvgIpc) is 2.72. The second-order valence-corrected chi connectivity index (χ2v) is 14.9. The Labute approximate surface area is 160 Å². The number of rotatable bonds is 2. The first-order valence-corrected chi connectivity index (χ1v) is 12.7. The molecule has 0 saturated carbocycles. The van der Waals surface area contributed by atoms with Gasteiger partial charge >= 0.3 is 0 Å². The monoisotopic (exact) mass is 460 g/mol. The van der Waals surface area contributed by atoms with Gasteiger partial charge < -0.3 is 13.9 Å². The molecule has 0 aromatic heterocycles. The van der Waals surface area contributed by atoms with Crippen molar-refractivity contribution >= 4 is 30.9 Å². The Balaban J connectivity index is 1.95. The van der Waals surface area contributed by atoms with Gasteiger partial charge in [-0.25, -0.2) is 0 Å². The molecule has 1 aliphatic carbocycles. The molecule has 2 aliphatic rings. The molecule has 1 aromatic rings. The molecule has 0 unspecified atom stereocenters. The van der Waals surface area contributed by atoms with Crippen LogP contribution in [0.25, 0.3) is 0 Å². The summed E-state index contributed by atoms with van der Waals surface area (Å²) in [6.45, 7) is 15.5. The van der Waals surface area contributed by atoms with Crippen LogP contribution in [0, 0.1) is 3.57 Å². The minimum atomic E-state index is -1.86. The lowest BCUT2D eigenvalue weighted by molar-refractivity contribution is -0.145. The number of hydrogen-bond acceptors (Lipinski definition) is 3. The molecule has 0 amide bonds. The van der Waals surface area contributed by atoms with E-state index in [4.69, 9.17) is 13.9 Å². The van der Waals surface area contributed by atoms with Crippen molar-refractivity contribution in [3.8, 4) is 5.75 Å². The van der Waals surface area contributed by atoms with E-state index in [1.165, 1.54) is 14.7 Å². The van der Waals surface area contributed by atoms with E-state index >= 15 is 0 Å². The molecule has 1 heterocycles. The highest BCUT2D eigenvalue weighted by molar-refractivity contribution is 14.1. The number of halogens is 1. The molecule has 0 radical (unpaired) electrons. The fraction of sp³-hybridized carbons (Fsp3) is 0.684. The zero-order valence-electron chi connectivity index (χ0n) is 15.8. The highest BCUT2D eigenvalue weighted by atomic mass is 127. The minimum absolute atomic E-state index is 0.132. The number of ether oxygens (including phenoxy) is 2. The van der Waals surface area contributed by atoms with Crippen LogP contribution in [0.5, 0.6) is 5.75 Å². The fourth-order valence-corrected chi connectivity index (χ4v) is 5.04. The van der Waals surface area contributed by atoms with Crippen LogP contribution in [0.15, 0.2) is 12.1 Å². The summed E-state index contributed by atoms with van der Waals surface area (Å²) in [4.78, 5) is 0. The van der Waals surface area contributed by atoms with Crippen LogP contribution < -0.4 is 4.43 Å². The molecule has 1 saturated heterocycles. The first kappa shape index (κ1) is 18.7. The van der Waals surface area contributed by atoms with Gasteiger partial charge in [-0.05, 0) is 77.8 Å². The van der Waals surface area contributed by atoms with E-state index in [1.807, 2.05) is 13.8 Å². The Morgan fingerprint density at radius 1 is 1.08 bits per heavy atom. The standard InChI is InChI=1S/C19H29IO3Si/c1-18(2,3)24(6,7)23-15-9-8-14(20)12-10-16-17(11-13(12)15)22-19(4,5)21-16/h8-9,16-17H,10-11H2,1-7H3/t16-,17+/m0/s1. The molecule has 0 bridgehead atoms. The van der Waals surface area contributed by atoms with Crippen molar-refractivity contribution in [2.24, 2.45) is 0 Å². The van der Waals surface area contributed by atoms with Gasteiger partial charge in [-0.1, -0.05) is 20.8 Å². The van der Waals surface area contributed by atoms with Gasteiger partial charge in [0.05, 0.1) is 12.2 Å². The first-order chi connectivity index (χ1) is 10.9. The summed E-state index contributed by atoms with van der Waals surface area (Å²) in [5.74, 6) is 0.576. The van der Waals surface area contributed by atoms with Crippen molar-refractivity contribution in [1.82, 2.24) is 0 Å². The molecule has 134 valence electrons. The predicted octanol–water partition coefficient (Wildman–Crippen LogP) is 5.29. The van der Waals surface area contributed by atoms with Crippen LogP contribution in [0.3, 0.4) is 0 Å². The summed E-state index contributed by atoms with van der Waals surface area (Å²) >= 11 is 2.44. The van der Waals surface area contributed by atoms with Gasteiger partial charge in [-0.15, -0.1) is 0 Å². The molecular weight excluding hydrogens is 431 g/mol. The molecule has 3 rings (SSSR count). The second-order valence-electron chi connectivity index (χ2n) is 8.99. The van der Waals surface area contributed by atoms with Crippen molar-refractivity contribution in [2.75, 3.05) is 0 Å². The maximum absolute atomic E-state index is 6.66. The Hall–Kier alpha value is -0.113. The molecule has 1 aromatic carbocycles. The SMILES string of the molecule is CC1(C)O[C@H]2Cc3c(I)ccc(O[Si](C)(C)C(C)(C)C)c3C[C@H]2O1. The molecule has 0 spiro atoms. The van der Waals surface area contributed by atoms with E-state index in [2.05, 4.69) is 68.6 Å². The maximum atomic E-state index is 6.66. The normalized spacial score (nSPS) is 26.0. The minimum Gasteiger partial charge on any atom is -0.543 e. The summed E-state index contributed by atoms with van der Waals surface area (Å²) in [5.41, 5.74) is 2.71. The van der Waals surface area contributed by atoms with Gasteiger partial charge in [0.2, 0.25) is 8.32 Å².